The molecule has 1 N–H and O–H groups in total. The molecule has 0 spiro atoms. The summed E-state index contributed by atoms with van der Waals surface area (Å²) in [7, 11) is 0. The average molecular weight is 386 g/mol. The lowest BCUT2D eigenvalue weighted by Crippen LogP contribution is -2.49. The molecule has 2 heterocycles. The van der Waals surface area contributed by atoms with Crippen LogP contribution in [0.25, 0.3) is 5.69 Å². The van der Waals surface area contributed by atoms with Crippen molar-refractivity contribution in [2.45, 2.75) is 31.7 Å². The second-order valence-corrected chi connectivity index (χ2v) is 7.26. The van der Waals surface area contributed by atoms with Gasteiger partial charge in [0.15, 0.2) is 0 Å². The molecule has 28 heavy (non-hydrogen) atoms. The van der Waals surface area contributed by atoms with Crippen molar-refractivity contribution in [1.82, 2.24) is 14.7 Å². The minimum Gasteiger partial charge on any atom is -0.370 e. The smallest absolute Gasteiger partial charge is 0.248 e. The Morgan fingerprint density at radius 2 is 2.00 bits per heavy atom. The molecule has 2 aliphatic rings. The highest BCUT2D eigenvalue weighted by molar-refractivity contribution is 5.92. The number of ether oxygens (including phenoxy) is 1. The first-order valence-corrected chi connectivity index (χ1v) is 9.59. The van der Waals surface area contributed by atoms with Crippen LogP contribution >= 0.6 is 0 Å². The number of carbonyl (C=O) groups excluding carboxylic acids is 2. The third kappa shape index (κ3) is 3.91. The Balaban J connectivity index is 1.33. The third-order valence-electron chi connectivity index (χ3n) is 5.48. The first-order valence-electron chi connectivity index (χ1n) is 9.59. The molecule has 0 bridgehead atoms. The molecule has 1 saturated heterocycles. The van der Waals surface area contributed by atoms with E-state index in [-0.39, 0.29) is 36.2 Å². The van der Waals surface area contributed by atoms with Crippen LogP contribution in [0.15, 0.2) is 36.7 Å². The molecule has 1 saturated carbocycles. The number of hydrogen-bond donors (Lipinski definition) is 1. The highest BCUT2D eigenvalue weighted by atomic mass is 19.1. The van der Waals surface area contributed by atoms with Crippen molar-refractivity contribution in [2.24, 2.45) is 5.92 Å². The SMILES string of the molecule is O=C1COCCN1[C@H]1CC[C@@H](C(=O)Nc2cnn(-c3ccccc3F)c2)CC1. The lowest BCUT2D eigenvalue weighted by atomic mass is 9.84. The Morgan fingerprint density at radius 3 is 2.75 bits per heavy atom. The number of hydrogen-bond acceptors (Lipinski definition) is 4. The Labute approximate surface area is 162 Å². The summed E-state index contributed by atoms with van der Waals surface area (Å²) in [6, 6.07) is 6.54. The maximum atomic E-state index is 13.9. The number of morpholine rings is 1. The number of aromatic nitrogens is 2. The number of anilines is 1. The lowest BCUT2D eigenvalue weighted by Gasteiger charge is -2.38. The summed E-state index contributed by atoms with van der Waals surface area (Å²) in [5.41, 5.74) is 0.873. The number of benzene rings is 1. The lowest BCUT2D eigenvalue weighted by molar-refractivity contribution is -0.146. The van der Waals surface area contributed by atoms with E-state index in [4.69, 9.17) is 4.74 Å². The molecule has 4 rings (SSSR count). The molecular formula is C20H23FN4O3. The van der Waals surface area contributed by atoms with Gasteiger partial charge < -0.3 is 15.0 Å². The van der Waals surface area contributed by atoms with Gasteiger partial charge >= 0.3 is 0 Å². The second kappa shape index (κ2) is 8.10. The molecule has 148 valence electrons. The molecule has 2 aromatic rings. The van der Waals surface area contributed by atoms with Gasteiger partial charge in [-0.25, -0.2) is 9.07 Å². The van der Waals surface area contributed by atoms with E-state index in [1.165, 1.54) is 16.9 Å². The second-order valence-electron chi connectivity index (χ2n) is 7.26. The normalized spacial score (nSPS) is 22.9. The molecular weight excluding hydrogens is 363 g/mol. The zero-order valence-electron chi connectivity index (χ0n) is 15.5. The van der Waals surface area contributed by atoms with Gasteiger partial charge in [0.2, 0.25) is 11.8 Å². The van der Waals surface area contributed by atoms with Gasteiger partial charge in [-0.3, -0.25) is 9.59 Å². The Kier molecular flexibility index (Phi) is 5.38. The number of rotatable bonds is 4. The summed E-state index contributed by atoms with van der Waals surface area (Å²) < 4.78 is 20.5. The van der Waals surface area contributed by atoms with Crippen LogP contribution in [0.5, 0.6) is 0 Å². The zero-order chi connectivity index (χ0) is 19.5. The number of amides is 2. The van der Waals surface area contributed by atoms with Crippen LogP contribution in [0.2, 0.25) is 0 Å². The number of nitrogens with one attached hydrogen (secondary N) is 1. The van der Waals surface area contributed by atoms with Crippen molar-refractivity contribution >= 4 is 17.5 Å². The van der Waals surface area contributed by atoms with Crippen molar-refractivity contribution in [3.63, 3.8) is 0 Å². The van der Waals surface area contributed by atoms with Gasteiger partial charge in [-0.15, -0.1) is 0 Å². The average Bonchev–Trinajstić information content (AvgIpc) is 3.17. The minimum absolute atomic E-state index is 0.0414. The van der Waals surface area contributed by atoms with Gasteiger partial charge in [0.25, 0.3) is 0 Å². The van der Waals surface area contributed by atoms with Gasteiger partial charge in [0.1, 0.15) is 18.1 Å². The molecule has 1 aromatic carbocycles. The van der Waals surface area contributed by atoms with E-state index in [9.17, 15) is 14.0 Å². The van der Waals surface area contributed by atoms with Crippen LogP contribution in [-0.2, 0) is 14.3 Å². The Morgan fingerprint density at radius 1 is 1.21 bits per heavy atom. The van der Waals surface area contributed by atoms with Crippen molar-refractivity contribution in [1.29, 1.82) is 0 Å². The fraction of sp³-hybridized carbons (Fsp3) is 0.450. The molecule has 0 radical (unpaired) electrons. The van der Waals surface area contributed by atoms with Crippen molar-refractivity contribution < 1.29 is 18.7 Å². The first kappa shape index (κ1) is 18.6. The molecule has 1 aliphatic heterocycles. The van der Waals surface area contributed by atoms with E-state index in [1.807, 2.05) is 4.90 Å². The van der Waals surface area contributed by atoms with Crippen molar-refractivity contribution in [2.75, 3.05) is 25.1 Å². The molecule has 7 nitrogen and oxygen atoms in total. The molecule has 8 heteroatoms. The maximum absolute atomic E-state index is 13.9. The molecule has 2 amide bonds. The fourth-order valence-electron chi connectivity index (χ4n) is 3.97. The largest absolute Gasteiger partial charge is 0.370 e. The number of halogens is 1. The van der Waals surface area contributed by atoms with E-state index in [2.05, 4.69) is 10.4 Å². The predicted octanol–water partition coefficient (Wildman–Crippen LogP) is 2.37. The fourth-order valence-corrected chi connectivity index (χ4v) is 3.97. The Hall–Kier alpha value is -2.74. The number of carbonyl (C=O) groups is 2. The highest BCUT2D eigenvalue weighted by Gasteiger charge is 2.32. The summed E-state index contributed by atoms with van der Waals surface area (Å²) in [6.45, 7) is 1.38. The van der Waals surface area contributed by atoms with Crippen LogP contribution in [-0.4, -0.2) is 52.3 Å². The summed E-state index contributed by atoms with van der Waals surface area (Å²) in [6.07, 6.45) is 6.23. The van der Waals surface area contributed by atoms with E-state index < -0.39 is 0 Å². The van der Waals surface area contributed by atoms with Crippen LogP contribution in [0.4, 0.5) is 10.1 Å². The van der Waals surface area contributed by atoms with Gasteiger partial charge in [-0.1, -0.05) is 12.1 Å². The van der Waals surface area contributed by atoms with E-state index in [1.54, 1.807) is 24.4 Å². The van der Waals surface area contributed by atoms with Crippen LogP contribution in [0.3, 0.4) is 0 Å². The van der Waals surface area contributed by atoms with Crippen LogP contribution < -0.4 is 5.32 Å². The van der Waals surface area contributed by atoms with E-state index >= 15 is 0 Å². The molecule has 1 aromatic heterocycles. The van der Waals surface area contributed by atoms with Gasteiger partial charge in [0, 0.05) is 18.5 Å². The molecule has 0 unspecified atom stereocenters. The number of nitrogens with zero attached hydrogens (tertiary/aromatic N) is 3. The van der Waals surface area contributed by atoms with Gasteiger partial charge in [-0.05, 0) is 37.8 Å². The molecule has 2 fully saturated rings. The highest BCUT2D eigenvalue weighted by Crippen LogP contribution is 2.29. The standard InChI is InChI=1S/C20H23FN4O3/c21-17-3-1-2-4-18(17)25-12-15(11-22-25)23-20(27)14-5-7-16(8-6-14)24-9-10-28-13-19(24)26/h1-4,11-12,14,16H,5-10,13H2,(H,23,27)/t14-,16+. The summed E-state index contributed by atoms with van der Waals surface area (Å²) in [5, 5.41) is 7.01. The topological polar surface area (TPSA) is 76.5 Å². The predicted molar refractivity (Wildman–Crippen MR) is 100 cm³/mol. The van der Waals surface area contributed by atoms with E-state index in [0.717, 1.165) is 25.7 Å². The maximum Gasteiger partial charge on any atom is 0.248 e. The summed E-state index contributed by atoms with van der Waals surface area (Å²) in [4.78, 5) is 26.5. The summed E-state index contributed by atoms with van der Waals surface area (Å²) in [5.74, 6) is -0.483. The molecule has 1 aliphatic carbocycles. The van der Waals surface area contributed by atoms with Crippen LogP contribution in [0.1, 0.15) is 25.7 Å². The van der Waals surface area contributed by atoms with Gasteiger partial charge in [-0.2, -0.15) is 5.10 Å². The number of para-hydroxylation sites is 1. The monoisotopic (exact) mass is 386 g/mol. The van der Waals surface area contributed by atoms with Crippen molar-refractivity contribution in [3.8, 4) is 5.69 Å². The van der Waals surface area contributed by atoms with Crippen LogP contribution in [0, 0.1) is 11.7 Å². The van der Waals surface area contributed by atoms with Gasteiger partial charge in [0.05, 0.1) is 24.7 Å². The first-order chi connectivity index (χ1) is 13.6. The third-order valence-corrected chi connectivity index (χ3v) is 5.48. The van der Waals surface area contributed by atoms with E-state index in [0.29, 0.717) is 24.5 Å². The molecule has 0 atom stereocenters. The Bertz CT molecular complexity index is 861. The summed E-state index contributed by atoms with van der Waals surface area (Å²) >= 11 is 0. The quantitative estimate of drug-likeness (QED) is 0.875. The zero-order valence-corrected chi connectivity index (χ0v) is 15.5. The van der Waals surface area contributed by atoms with Crippen molar-refractivity contribution in [3.05, 3.63) is 42.5 Å². The minimum atomic E-state index is -0.376.